The molecule has 168 valence electrons. The Morgan fingerprint density at radius 3 is 2.35 bits per heavy atom. The van der Waals surface area contributed by atoms with Crippen molar-refractivity contribution in [3.8, 4) is 17.4 Å². The van der Waals surface area contributed by atoms with Crippen molar-refractivity contribution in [1.82, 2.24) is 4.90 Å². The summed E-state index contributed by atoms with van der Waals surface area (Å²) in [7, 11) is 0. The number of furan rings is 1. The van der Waals surface area contributed by atoms with Gasteiger partial charge in [-0.3, -0.25) is 24.6 Å². The zero-order chi connectivity index (χ0) is 24.4. The third-order valence-corrected chi connectivity index (χ3v) is 5.36. The molecule has 0 aliphatic carbocycles. The Bertz CT molecular complexity index is 1410. The summed E-state index contributed by atoms with van der Waals surface area (Å²) in [4.78, 5) is 37.2. The Kier molecular flexibility index (Phi) is 5.89. The van der Waals surface area contributed by atoms with Crippen LogP contribution in [0.5, 0.6) is 0 Å². The molecule has 9 heteroatoms. The van der Waals surface area contributed by atoms with Crippen molar-refractivity contribution in [2.75, 3.05) is 0 Å². The van der Waals surface area contributed by atoms with Gasteiger partial charge in [0.25, 0.3) is 17.5 Å². The van der Waals surface area contributed by atoms with Crippen molar-refractivity contribution in [2.24, 2.45) is 0 Å². The number of nitrogens with zero attached hydrogens (tertiary/aromatic N) is 3. The maximum absolute atomic E-state index is 13.2. The van der Waals surface area contributed by atoms with Crippen LogP contribution in [-0.2, 0) is 16.1 Å². The van der Waals surface area contributed by atoms with Gasteiger partial charge in [-0.25, -0.2) is 4.39 Å². The number of carbonyl (C=O) groups excluding carboxylic acids is 2. The van der Waals surface area contributed by atoms with Gasteiger partial charge in [0.1, 0.15) is 29.0 Å². The van der Waals surface area contributed by atoms with E-state index in [2.05, 4.69) is 0 Å². The molecule has 4 rings (SSSR count). The Balaban J connectivity index is 1.67. The molecule has 8 nitrogen and oxygen atoms in total. The molecule has 2 heterocycles. The average molecular weight is 457 g/mol. The van der Waals surface area contributed by atoms with Crippen molar-refractivity contribution >= 4 is 23.6 Å². The molecule has 0 spiro atoms. The quantitative estimate of drug-likeness (QED) is 0.235. The minimum absolute atomic E-state index is 0.0545. The first-order valence-corrected chi connectivity index (χ1v) is 10.1. The third kappa shape index (κ3) is 4.25. The Hall–Kier alpha value is -4.84. The van der Waals surface area contributed by atoms with Gasteiger partial charge in [0.05, 0.1) is 11.5 Å². The number of imide groups is 1. The van der Waals surface area contributed by atoms with E-state index in [0.29, 0.717) is 22.6 Å². The van der Waals surface area contributed by atoms with Crippen LogP contribution in [0.25, 0.3) is 17.4 Å². The largest absolute Gasteiger partial charge is 0.457 e. The SMILES string of the molecule is CC1=C(C#N)C(=O)N(Cc2ccc(F)cc2)C(=O)/C1=C/c1ccc(-c2ccc([N+](=O)[O-])cc2)o1. The first-order chi connectivity index (χ1) is 16.3. The highest BCUT2D eigenvalue weighted by molar-refractivity contribution is 6.19. The molecule has 0 fully saturated rings. The number of benzene rings is 2. The Labute approximate surface area is 193 Å². The third-order valence-electron chi connectivity index (χ3n) is 5.36. The highest BCUT2D eigenvalue weighted by atomic mass is 19.1. The van der Waals surface area contributed by atoms with E-state index in [4.69, 9.17) is 4.42 Å². The maximum Gasteiger partial charge on any atom is 0.271 e. The van der Waals surface area contributed by atoms with Crippen molar-refractivity contribution < 1.29 is 23.3 Å². The molecule has 0 saturated heterocycles. The lowest BCUT2D eigenvalue weighted by atomic mass is 9.94. The summed E-state index contributed by atoms with van der Waals surface area (Å²) in [5, 5.41) is 20.4. The van der Waals surface area contributed by atoms with Gasteiger partial charge in [-0.1, -0.05) is 12.1 Å². The number of hydrogen-bond donors (Lipinski definition) is 0. The topological polar surface area (TPSA) is 117 Å². The van der Waals surface area contributed by atoms with E-state index in [1.807, 2.05) is 6.07 Å². The molecule has 1 aromatic heterocycles. The first kappa shape index (κ1) is 22.4. The van der Waals surface area contributed by atoms with Gasteiger partial charge in [-0.2, -0.15) is 5.26 Å². The molecule has 3 aromatic rings. The number of carbonyl (C=O) groups is 2. The predicted octanol–water partition coefficient (Wildman–Crippen LogP) is 4.79. The van der Waals surface area contributed by atoms with Crippen molar-refractivity contribution in [3.63, 3.8) is 0 Å². The molecular formula is C25H16FN3O5. The van der Waals surface area contributed by atoms with E-state index < -0.39 is 22.6 Å². The van der Waals surface area contributed by atoms with Crippen LogP contribution in [-0.4, -0.2) is 21.6 Å². The number of amides is 2. The maximum atomic E-state index is 13.2. The van der Waals surface area contributed by atoms with Gasteiger partial charge in [-0.15, -0.1) is 0 Å². The molecule has 1 aliphatic rings. The standard InChI is InChI=1S/C25H16FN3O5/c1-15-21(12-20-10-11-23(34-20)17-4-8-19(9-5-17)29(32)33)24(30)28(25(31)22(15)13-27)14-16-2-6-18(26)7-3-16/h2-12H,14H2,1H3/b21-12+. The lowest BCUT2D eigenvalue weighted by Gasteiger charge is -2.27. The second kappa shape index (κ2) is 8.96. The second-order valence-corrected chi connectivity index (χ2v) is 7.50. The van der Waals surface area contributed by atoms with E-state index in [9.17, 15) is 29.4 Å². The van der Waals surface area contributed by atoms with Gasteiger partial charge in [0.2, 0.25) is 0 Å². The zero-order valence-electron chi connectivity index (χ0n) is 17.8. The fraction of sp³-hybridized carbons (Fsp3) is 0.0800. The minimum atomic E-state index is -0.725. The summed E-state index contributed by atoms with van der Waals surface area (Å²) >= 11 is 0. The molecule has 0 atom stereocenters. The monoisotopic (exact) mass is 457 g/mol. The van der Waals surface area contributed by atoms with E-state index in [1.54, 1.807) is 24.3 Å². The van der Waals surface area contributed by atoms with Crippen LogP contribution in [0, 0.1) is 27.3 Å². The molecule has 0 radical (unpaired) electrons. The summed E-state index contributed by atoms with van der Waals surface area (Å²) in [5.74, 6) is -1.07. The molecular weight excluding hydrogens is 441 g/mol. The number of nitro groups is 1. The van der Waals surface area contributed by atoms with Crippen LogP contribution in [0.1, 0.15) is 18.2 Å². The van der Waals surface area contributed by atoms with E-state index in [0.717, 1.165) is 4.90 Å². The predicted molar refractivity (Wildman–Crippen MR) is 119 cm³/mol. The highest BCUT2D eigenvalue weighted by Gasteiger charge is 2.35. The molecule has 0 N–H and O–H groups in total. The lowest BCUT2D eigenvalue weighted by Crippen LogP contribution is -2.42. The van der Waals surface area contributed by atoms with Crippen LogP contribution in [0.2, 0.25) is 0 Å². The van der Waals surface area contributed by atoms with Gasteiger partial charge in [-0.05, 0) is 60.5 Å². The fourth-order valence-corrected chi connectivity index (χ4v) is 3.52. The summed E-state index contributed by atoms with van der Waals surface area (Å²) in [6.45, 7) is 1.38. The molecule has 0 saturated carbocycles. The van der Waals surface area contributed by atoms with E-state index in [-0.39, 0.29) is 29.0 Å². The number of nitro benzene ring substituents is 1. The Morgan fingerprint density at radius 2 is 1.74 bits per heavy atom. The molecule has 0 unspecified atom stereocenters. The minimum Gasteiger partial charge on any atom is -0.457 e. The van der Waals surface area contributed by atoms with Crippen LogP contribution in [0.3, 0.4) is 0 Å². The molecule has 0 bridgehead atoms. The van der Waals surface area contributed by atoms with Crippen LogP contribution < -0.4 is 0 Å². The molecule has 2 amide bonds. The van der Waals surface area contributed by atoms with Gasteiger partial charge >= 0.3 is 0 Å². The van der Waals surface area contributed by atoms with Crippen LogP contribution in [0.15, 0.2) is 81.8 Å². The van der Waals surface area contributed by atoms with Gasteiger partial charge in [0, 0.05) is 23.3 Å². The fourth-order valence-electron chi connectivity index (χ4n) is 3.52. The molecule has 1 aliphatic heterocycles. The van der Waals surface area contributed by atoms with Crippen molar-refractivity contribution in [2.45, 2.75) is 13.5 Å². The van der Waals surface area contributed by atoms with Crippen LogP contribution >= 0.6 is 0 Å². The molecule has 34 heavy (non-hydrogen) atoms. The summed E-state index contributed by atoms with van der Waals surface area (Å²) in [6.07, 6.45) is 1.44. The summed E-state index contributed by atoms with van der Waals surface area (Å²) in [5.41, 5.74) is 1.24. The summed E-state index contributed by atoms with van der Waals surface area (Å²) < 4.78 is 19.0. The Morgan fingerprint density at radius 1 is 1.06 bits per heavy atom. The van der Waals surface area contributed by atoms with Crippen molar-refractivity contribution in [1.29, 1.82) is 5.26 Å². The van der Waals surface area contributed by atoms with E-state index in [1.165, 1.54) is 49.4 Å². The van der Waals surface area contributed by atoms with Gasteiger partial charge in [0.15, 0.2) is 0 Å². The van der Waals surface area contributed by atoms with Crippen LogP contribution in [0.4, 0.5) is 10.1 Å². The average Bonchev–Trinajstić information content (AvgIpc) is 3.30. The van der Waals surface area contributed by atoms with Crippen molar-refractivity contribution in [3.05, 3.63) is 105 Å². The number of halogens is 1. The molecule has 2 aromatic carbocycles. The number of non-ortho nitro benzene ring substituents is 1. The smallest absolute Gasteiger partial charge is 0.271 e. The number of hydrogen-bond acceptors (Lipinski definition) is 6. The zero-order valence-corrected chi connectivity index (χ0v) is 17.8. The summed E-state index contributed by atoms with van der Waals surface area (Å²) in [6, 6.07) is 16.3. The number of nitriles is 1. The lowest BCUT2D eigenvalue weighted by molar-refractivity contribution is -0.384. The van der Waals surface area contributed by atoms with E-state index >= 15 is 0 Å². The first-order valence-electron chi connectivity index (χ1n) is 10.1. The number of rotatable bonds is 5. The second-order valence-electron chi connectivity index (χ2n) is 7.50. The highest BCUT2D eigenvalue weighted by Crippen LogP contribution is 2.30. The normalized spacial score (nSPS) is 15.1. The van der Waals surface area contributed by atoms with Gasteiger partial charge < -0.3 is 4.42 Å².